The van der Waals surface area contributed by atoms with Crippen molar-refractivity contribution in [3.05, 3.63) is 0 Å². The standard InChI is InChI=1S/C7H16O2S/c1-4-5-7(6(2)3)10(8)9/h6-7H,4-5H2,1-3H3,(H,8,9). The van der Waals surface area contributed by atoms with Crippen molar-refractivity contribution >= 4 is 11.1 Å². The van der Waals surface area contributed by atoms with E-state index in [4.69, 9.17) is 4.55 Å². The van der Waals surface area contributed by atoms with E-state index in [1.54, 1.807) is 0 Å². The molecular formula is C7H16O2S. The summed E-state index contributed by atoms with van der Waals surface area (Å²) in [6, 6.07) is 0. The van der Waals surface area contributed by atoms with Crippen LogP contribution in [0.1, 0.15) is 33.6 Å². The van der Waals surface area contributed by atoms with Crippen molar-refractivity contribution in [2.75, 3.05) is 0 Å². The number of rotatable bonds is 4. The van der Waals surface area contributed by atoms with Gasteiger partial charge in [0.1, 0.15) is 0 Å². The van der Waals surface area contributed by atoms with Gasteiger partial charge in [-0.15, -0.1) is 0 Å². The lowest BCUT2D eigenvalue weighted by Crippen LogP contribution is -2.20. The summed E-state index contributed by atoms with van der Waals surface area (Å²) >= 11 is -1.63. The molecule has 2 nitrogen and oxygen atoms in total. The molecule has 0 rings (SSSR count). The van der Waals surface area contributed by atoms with Crippen LogP contribution in [0.15, 0.2) is 0 Å². The summed E-state index contributed by atoms with van der Waals surface area (Å²) < 4.78 is 19.4. The Morgan fingerprint density at radius 1 is 1.50 bits per heavy atom. The highest BCUT2D eigenvalue weighted by Crippen LogP contribution is 2.13. The largest absolute Gasteiger partial charge is 0.306 e. The summed E-state index contributed by atoms with van der Waals surface area (Å²) in [5.74, 6) is 0.311. The third-order valence-electron chi connectivity index (χ3n) is 1.58. The zero-order chi connectivity index (χ0) is 8.15. The highest BCUT2D eigenvalue weighted by Gasteiger charge is 2.17. The van der Waals surface area contributed by atoms with Crippen LogP contribution in [0, 0.1) is 5.92 Å². The highest BCUT2D eigenvalue weighted by molar-refractivity contribution is 7.79. The van der Waals surface area contributed by atoms with Crippen molar-refractivity contribution in [3.63, 3.8) is 0 Å². The smallest absolute Gasteiger partial charge is 0.156 e. The van der Waals surface area contributed by atoms with Crippen molar-refractivity contribution < 1.29 is 8.76 Å². The van der Waals surface area contributed by atoms with Gasteiger partial charge >= 0.3 is 0 Å². The SMILES string of the molecule is CCCC(C(C)C)S(=O)O. The van der Waals surface area contributed by atoms with Gasteiger partial charge in [0, 0.05) is 0 Å². The van der Waals surface area contributed by atoms with Gasteiger partial charge in [0.25, 0.3) is 0 Å². The fraction of sp³-hybridized carbons (Fsp3) is 1.00. The minimum atomic E-state index is -1.63. The zero-order valence-corrected chi connectivity index (χ0v) is 7.65. The third-order valence-corrected chi connectivity index (χ3v) is 2.87. The summed E-state index contributed by atoms with van der Waals surface area (Å²) in [6.07, 6.45) is 1.83. The lowest BCUT2D eigenvalue weighted by molar-refractivity contribution is 0.489. The number of hydrogen-bond acceptors (Lipinski definition) is 1. The first-order valence-corrected chi connectivity index (χ1v) is 4.86. The van der Waals surface area contributed by atoms with Crippen LogP contribution in [0.4, 0.5) is 0 Å². The second kappa shape index (κ2) is 4.85. The molecule has 0 heterocycles. The lowest BCUT2D eigenvalue weighted by Gasteiger charge is -2.14. The Morgan fingerprint density at radius 2 is 2.00 bits per heavy atom. The molecule has 10 heavy (non-hydrogen) atoms. The molecule has 0 aliphatic carbocycles. The summed E-state index contributed by atoms with van der Waals surface area (Å²) in [7, 11) is 0. The monoisotopic (exact) mass is 164 g/mol. The van der Waals surface area contributed by atoms with Gasteiger partial charge < -0.3 is 4.55 Å². The second-order valence-electron chi connectivity index (χ2n) is 2.85. The maximum absolute atomic E-state index is 10.6. The Balaban J connectivity index is 3.85. The normalized spacial score (nSPS) is 17.3. The molecule has 0 amide bonds. The van der Waals surface area contributed by atoms with Gasteiger partial charge in [-0.25, -0.2) is 4.21 Å². The summed E-state index contributed by atoms with van der Waals surface area (Å²) in [5.41, 5.74) is 0. The van der Waals surface area contributed by atoms with Crippen LogP contribution >= 0.6 is 0 Å². The van der Waals surface area contributed by atoms with E-state index in [1.807, 2.05) is 20.8 Å². The van der Waals surface area contributed by atoms with E-state index in [0.29, 0.717) is 5.92 Å². The first-order chi connectivity index (χ1) is 4.59. The molecule has 3 heteroatoms. The van der Waals surface area contributed by atoms with E-state index < -0.39 is 11.1 Å². The van der Waals surface area contributed by atoms with Crippen LogP contribution in [0.5, 0.6) is 0 Å². The third kappa shape index (κ3) is 3.32. The molecule has 0 radical (unpaired) electrons. The fourth-order valence-corrected chi connectivity index (χ4v) is 1.85. The summed E-state index contributed by atoms with van der Waals surface area (Å²) in [6.45, 7) is 5.99. The van der Waals surface area contributed by atoms with Gasteiger partial charge in [-0.2, -0.15) is 0 Å². The molecule has 62 valence electrons. The van der Waals surface area contributed by atoms with Gasteiger partial charge in [0.2, 0.25) is 0 Å². The van der Waals surface area contributed by atoms with E-state index in [-0.39, 0.29) is 5.25 Å². The topological polar surface area (TPSA) is 37.3 Å². The van der Waals surface area contributed by atoms with Crippen LogP contribution < -0.4 is 0 Å². The zero-order valence-electron chi connectivity index (χ0n) is 6.83. The Kier molecular flexibility index (Phi) is 4.91. The van der Waals surface area contributed by atoms with Crippen molar-refractivity contribution in [3.8, 4) is 0 Å². The molecule has 0 fully saturated rings. The number of hydrogen-bond donors (Lipinski definition) is 1. The van der Waals surface area contributed by atoms with Crippen molar-refractivity contribution in [2.45, 2.75) is 38.9 Å². The maximum atomic E-state index is 10.6. The molecule has 0 saturated carbocycles. The van der Waals surface area contributed by atoms with Crippen LogP contribution in [-0.2, 0) is 11.1 Å². The molecule has 0 aliphatic rings. The fourth-order valence-electron chi connectivity index (χ4n) is 0.951. The second-order valence-corrected chi connectivity index (χ2v) is 4.01. The molecule has 0 bridgehead atoms. The molecule has 2 atom stereocenters. The Hall–Kier alpha value is 0.110. The molecule has 0 saturated heterocycles. The minimum Gasteiger partial charge on any atom is -0.306 e. The van der Waals surface area contributed by atoms with Gasteiger partial charge in [-0.05, 0) is 12.3 Å². The van der Waals surface area contributed by atoms with Crippen LogP contribution in [-0.4, -0.2) is 14.0 Å². The van der Waals surface area contributed by atoms with E-state index in [1.165, 1.54) is 0 Å². The quantitative estimate of drug-likeness (QED) is 0.645. The molecule has 0 spiro atoms. The Bertz CT molecular complexity index is 112. The average molecular weight is 164 g/mol. The summed E-state index contributed by atoms with van der Waals surface area (Å²) in [5, 5.41) is -0.0370. The predicted molar refractivity (Wildman–Crippen MR) is 44.3 cm³/mol. The molecular weight excluding hydrogens is 148 g/mol. The van der Waals surface area contributed by atoms with Crippen molar-refractivity contribution in [1.82, 2.24) is 0 Å². The summed E-state index contributed by atoms with van der Waals surface area (Å²) in [4.78, 5) is 0. The molecule has 1 N–H and O–H groups in total. The molecule has 0 aromatic heterocycles. The van der Waals surface area contributed by atoms with Crippen molar-refractivity contribution in [2.24, 2.45) is 5.92 Å². The molecule has 0 aliphatic heterocycles. The van der Waals surface area contributed by atoms with Crippen LogP contribution in [0.2, 0.25) is 0 Å². The average Bonchev–Trinajstić information content (AvgIpc) is 1.81. The van der Waals surface area contributed by atoms with Crippen LogP contribution in [0.3, 0.4) is 0 Å². The maximum Gasteiger partial charge on any atom is 0.156 e. The molecule has 0 aromatic rings. The van der Waals surface area contributed by atoms with E-state index >= 15 is 0 Å². The van der Waals surface area contributed by atoms with Crippen molar-refractivity contribution in [1.29, 1.82) is 0 Å². The predicted octanol–water partition coefficient (Wildman–Crippen LogP) is 2.03. The van der Waals surface area contributed by atoms with E-state index in [9.17, 15) is 4.21 Å². The van der Waals surface area contributed by atoms with E-state index in [0.717, 1.165) is 12.8 Å². The highest BCUT2D eigenvalue weighted by atomic mass is 32.2. The first kappa shape index (κ1) is 10.1. The molecule has 0 aromatic carbocycles. The lowest BCUT2D eigenvalue weighted by atomic mass is 10.1. The van der Waals surface area contributed by atoms with Crippen LogP contribution in [0.25, 0.3) is 0 Å². The minimum absolute atomic E-state index is 0.0370. The Labute approximate surface area is 65.3 Å². The van der Waals surface area contributed by atoms with Gasteiger partial charge in [0.05, 0.1) is 5.25 Å². The van der Waals surface area contributed by atoms with Gasteiger partial charge in [-0.3, -0.25) is 0 Å². The van der Waals surface area contributed by atoms with Gasteiger partial charge in [0.15, 0.2) is 11.1 Å². The Morgan fingerprint density at radius 3 is 2.10 bits per heavy atom. The van der Waals surface area contributed by atoms with E-state index in [2.05, 4.69) is 0 Å². The first-order valence-electron chi connectivity index (χ1n) is 3.69. The van der Waals surface area contributed by atoms with Gasteiger partial charge in [-0.1, -0.05) is 27.2 Å². The molecule has 2 unspecified atom stereocenters.